The molecule has 6 nitrogen and oxygen atoms in total. The number of fused-ring (bicyclic) bond motifs is 1. The Labute approximate surface area is 115 Å². The first kappa shape index (κ1) is 13.8. The number of nitro groups is 1. The van der Waals surface area contributed by atoms with Gasteiger partial charge in [-0.05, 0) is 18.6 Å². The molecule has 0 saturated heterocycles. The second-order valence-corrected chi connectivity index (χ2v) is 4.36. The van der Waals surface area contributed by atoms with Crippen molar-refractivity contribution in [2.75, 3.05) is 6.61 Å². The summed E-state index contributed by atoms with van der Waals surface area (Å²) in [5.74, 6) is 0.733. The number of benzene rings is 2. The molecule has 2 rings (SSSR count). The Bertz CT molecular complexity index is 655. The van der Waals surface area contributed by atoms with Gasteiger partial charge in [0.1, 0.15) is 5.75 Å². The molecule has 0 fully saturated rings. The summed E-state index contributed by atoms with van der Waals surface area (Å²) in [7, 11) is 0. The molecule has 0 amide bonds. The van der Waals surface area contributed by atoms with Gasteiger partial charge in [0.15, 0.2) is 0 Å². The molecule has 0 spiro atoms. The lowest BCUT2D eigenvalue weighted by Gasteiger charge is -2.09. The van der Waals surface area contributed by atoms with Crippen LogP contribution in [0.15, 0.2) is 36.4 Å². The summed E-state index contributed by atoms with van der Waals surface area (Å²) in [6.07, 6.45) is 1.12. The molecule has 2 aromatic carbocycles. The van der Waals surface area contributed by atoms with Crippen LogP contribution in [0.3, 0.4) is 0 Å². The van der Waals surface area contributed by atoms with Crippen LogP contribution in [0, 0.1) is 15.5 Å². The zero-order valence-corrected chi connectivity index (χ0v) is 10.8. The number of hydrogen-bond donors (Lipinski definition) is 2. The summed E-state index contributed by atoms with van der Waals surface area (Å²) >= 11 is 0. The minimum Gasteiger partial charge on any atom is -0.493 e. The van der Waals surface area contributed by atoms with E-state index in [0.717, 1.165) is 0 Å². The Balaban J connectivity index is 2.24. The topological polar surface area (TPSA) is 102 Å². The number of ether oxygens (including phenoxy) is 1. The van der Waals surface area contributed by atoms with E-state index in [1.807, 2.05) is 6.07 Å². The van der Waals surface area contributed by atoms with Crippen molar-refractivity contribution in [2.24, 2.45) is 5.73 Å². The third kappa shape index (κ3) is 3.03. The summed E-state index contributed by atoms with van der Waals surface area (Å²) in [6, 6.07) is 10.1. The molecule has 0 unspecified atom stereocenters. The smallest absolute Gasteiger partial charge is 0.277 e. The summed E-state index contributed by atoms with van der Waals surface area (Å²) in [4.78, 5) is 10.6. The van der Waals surface area contributed by atoms with E-state index in [1.165, 1.54) is 6.07 Å². The average Bonchev–Trinajstić information content (AvgIpc) is 2.43. The quantitative estimate of drug-likeness (QED) is 0.278. The van der Waals surface area contributed by atoms with E-state index < -0.39 is 4.92 Å². The Morgan fingerprint density at radius 1 is 1.25 bits per heavy atom. The monoisotopic (exact) mass is 273 g/mol. The average molecular weight is 273 g/mol. The Morgan fingerprint density at radius 2 is 1.95 bits per heavy atom. The van der Waals surface area contributed by atoms with Gasteiger partial charge in [0, 0.05) is 17.9 Å². The molecule has 0 aliphatic heterocycles. The van der Waals surface area contributed by atoms with Crippen molar-refractivity contribution >= 4 is 22.3 Å². The summed E-state index contributed by atoms with van der Waals surface area (Å²) in [5.41, 5.74) is 5.33. The number of non-ortho nitro benzene ring substituents is 1. The van der Waals surface area contributed by atoms with E-state index in [2.05, 4.69) is 0 Å². The van der Waals surface area contributed by atoms with Crippen molar-refractivity contribution in [3.8, 4) is 5.75 Å². The summed E-state index contributed by atoms with van der Waals surface area (Å²) in [5, 5.41) is 19.4. The van der Waals surface area contributed by atoms with Gasteiger partial charge in [-0.25, -0.2) is 0 Å². The first-order valence-electron chi connectivity index (χ1n) is 6.21. The van der Waals surface area contributed by atoms with Crippen molar-refractivity contribution in [1.82, 2.24) is 0 Å². The predicted octanol–water partition coefficient (Wildman–Crippen LogP) is 2.84. The van der Waals surface area contributed by atoms with Gasteiger partial charge in [0.05, 0.1) is 22.8 Å². The molecule has 6 heteroatoms. The molecule has 104 valence electrons. The maximum atomic E-state index is 11.0. The van der Waals surface area contributed by atoms with Gasteiger partial charge in [-0.15, -0.1) is 0 Å². The van der Waals surface area contributed by atoms with E-state index in [9.17, 15) is 10.1 Å². The predicted molar refractivity (Wildman–Crippen MR) is 77.2 cm³/mol. The molecular weight excluding hydrogens is 258 g/mol. The highest BCUT2D eigenvalue weighted by molar-refractivity contribution is 5.95. The van der Waals surface area contributed by atoms with E-state index >= 15 is 0 Å². The van der Waals surface area contributed by atoms with Crippen molar-refractivity contribution < 1.29 is 9.66 Å². The number of nitro benzene ring substituents is 1. The highest BCUT2D eigenvalue weighted by Crippen LogP contribution is 2.32. The van der Waals surface area contributed by atoms with Crippen LogP contribution in [-0.2, 0) is 0 Å². The lowest BCUT2D eigenvalue weighted by molar-refractivity contribution is -0.383. The number of rotatable bonds is 6. The van der Waals surface area contributed by atoms with Gasteiger partial charge in [-0.3, -0.25) is 15.5 Å². The second-order valence-electron chi connectivity index (χ2n) is 4.36. The fourth-order valence-electron chi connectivity index (χ4n) is 1.99. The van der Waals surface area contributed by atoms with Gasteiger partial charge >= 0.3 is 0 Å². The van der Waals surface area contributed by atoms with E-state index in [-0.39, 0.29) is 11.5 Å². The van der Waals surface area contributed by atoms with E-state index in [0.29, 0.717) is 36.0 Å². The SMILES string of the molecule is N=C(N)CCCOc1ccc([N+](=O)[O-])c2ccccc12. The summed E-state index contributed by atoms with van der Waals surface area (Å²) < 4.78 is 5.63. The molecule has 2 aromatic rings. The van der Waals surface area contributed by atoms with Crippen LogP contribution >= 0.6 is 0 Å². The Morgan fingerprint density at radius 3 is 2.60 bits per heavy atom. The maximum Gasteiger partial charge on any atom is 0.277 e. The third-order valence-electron chi connectivity index (χ3n) is 2.91. The number of hydrogen-bond acceptors (Lipinski definition) is 4. The van der Waals surface area contributed by atoms with Gasteiger partial charge in [0.2, 0.25) is 0 Å². The van der Waals surface area contributed by atoms with Crippen LogP contribution in [0.2, 0.25) is 0 Å². The van der Waals surface area contributed by atoms with Crippen LogP contribution in [0.25, 0.3) is 10.8 Å². The highest BCUT2D eigenvalue weighted by Gasteiger charge is 2.14. The molecule has 0 aliphatic rings. The van der Waals surface area contributed by atoms with Crippen molar-refractivity contribution in [2.45, 2.75) is 12.8 Å². The number of nitrogens with one attached hydrogen (secondary N) is 1. The standard InChI is InChI=1S/C14H15N3O3/c15-14(16)6-3-9-20-13-8-7-12(17(18)19)10-4-1-2-5-11(10)13/h1-2,4-5,7-8H,3,6,9H2,(H3,15,16). The Kier molecular flexibility index (Phi) is 4.14. The zero-order valence-electron chi connectivity index (χ0n) is 10.8. The minimum absolute atomic E-state index is 0.0664. The molecule has 0 bridgehead atoms. The largest absolute Gasteiger partial charge is 0.493 e. The first-order chi connectivity index (χ1) is 9.59. The van der Waals surface area contributed by atoms with Gasteiger partial charge in [-0.2, -0.15) is 0 Å². The van der Waals surface area contributed by atoms with Crippen molar-refractivity contribution in [1.29, 1.82) is 5.41 Å². The van der Waals surface area contributed by atoms with Crippen LogP contribution < -0.4 is 10.5 Å². The van der Waals surface area contributed by atoms with Gasteiger partial charge in [-0.1, -0.05) is 18.2 Å². The molecule has 0 aliphatic carbocycles. The first-order valence-corrected chi connectivity index (χ1v) is 6.21. The summed E-state index contributed by atoms with van der Waals surface area (Å²) in [6.45, 7) is 0.418. The third-order valence-corrected chi connectivity index (χ3v) is 2.91. The molecule has 0 aromatic heterocycles. The molecular formula is C14H15N3O3. The number of nitrogens with two attached hydrogens (primary N) is 1. The lowest BCUT2D eigenvalue weighted by atomic mass is 10.1. The van der Waals surface area contributed by atoms with E-state index in [1.54, 1.807) is 24.3 Å². The number of amidine groups is 1. The fourth-order valence-corrected chi connectivity index (χ4v) is 1.99. The van der Waals surface area contributed by atoms with Crippen LogP contribution in [0.4, 0.5) is 5.69 Å². The van der Waals surface area contributed by atoms with Crippen LogP contribution in [0.5, 0.6) is 5.75 Å². The van der Waals surface area contributed by atoms with Crippen molar-refractivity contribution in [3.05, 3.63) is 46.5 Å². The maximum absolute atomic E-state index is 11.0. The number of nitrogens with zero attached hydrogens (tertiary/aromatic N) is 1. The second kappa shape index (κ2) is 6.01. The fraction of sp³-hybridized carbons (Fsp3) is 0.214. The van der Waals surface area contributed by atoms with Crippen molar-refractivity contribution in [3.63, 3.8) is 0 Å². The van der Waals surface area contributed by atoms with Gasteiger partial charge in [0.25, 0.3) is 5.69 Å². The minimum atomic E-state index is -0.401. The molecule has 0 radical (unpaired) electrons. The molecule has 0 heterocycles. The molecule has 0 atom stereocenters. The lowest BCUT2D eigenvalue weighted by Crippen LogP contribution is -2.11. The van der Waals surface area contributed by atoms with Gasteiger partial charge < -0.3 is 10.5 Å². The molecule has 20 heavy (non-hydrogen) atoms. The van der Waals surface area contributed by atoms with Crippen LogP contribution in [-0.4, -0.2) is 17.4 Å². The molecule has 0 saturated carbocycles. The zero-order chi connectivity index (χ0) is 14.5. The highest BCUT2D eigenvalue weighted by atomic mass is 16.6. The van der Waals surface area contributed by atoms with Crippen LogP contribution in [0.1, 0.15) is 12.8 Å². The normalized spacial score (nSPS) is 10.4. The van der Waals surface area contributed by atoms with E-state index in [4.69, 9.17) is 15.9 Å². The molecule has 3 N–H and O–H groups in total. The Hall–Kier alpha value is -2.63.